The Labute approximate surface area is 92.0 Å². The van der Waals surface area contributed by atoms with Crippen molar-refractivity contribution in [3.8, 4) is 0 Å². The van der Waals surface area contributed by atoms with Crippen LogP contribution in [0.5, 0.6) is 0 Å². The summed E-state index contributed by atoms with van der Waals surface area (Å²) in [5.74, 6) is 0. The van der Waals surface area contributed by atoms with Gasteiger partial charge in [0, 0.05) is 38.9 Å². The highest BCUT2D eigenvalue weighted by Gasteiger charge is 1.71. The second-order valence-electron chi connectivity index (χ2n) is 2.42. The summed E-state index contributed by atoms with van der Waals surface area (Å²) < 4.78 is 1.89. The SMILES string of the molecule is C=C.C=CN(C)/C=C\N.Cn1ccnc1. The zero-order valence-electron chi connectivity index (χ0n) is 9.50. The van der Waals surface area contributed by atoms with Gasteiger partial charge < -0.3 is 15.2 Å². The highest BCUT2D eigenvalue weighted by molar-refractivity contribution is 4.81. The average molecular weight is 208 g/mol. The predicted molar refractivity (Wildman–Crippen MR) is 65.7 cm³/mol. The minimum absolute atomic E-state index is 1.46. The summed E-state index contributed by atoms with van der Waals surface area (Å²) in [6.45, 7) is 9.50. The Hall–Kier alpha value is -1.97. The van der Waals surface area contributed by atoms with Crippen LogP contribution in [0, 0.1) is 0 Å². The van der Waals surface area contributed by atoms with Crippen LogP contribution in [0.15, 0.2) is 57.1 Å². The minimum Gasteiger partial charge on any atom is -0.403 e. The fraction of sp³-hybridized carbons (Fsp3) is 0.182. The molecule has 0 atom stereocenters. The molecule has 0 aliphatic heterocycles. The lowest BCUT2D eigenvalue weighted by atomic mass is 10.7. The normalized spacial score (nSPS) is 8.13. The lowest BCUT2D eigenvalue weighted by Gasteiger charge is -2.01. The smallest absolute Gasteiger partial charge is 0.0943 e. The van der Waals surface area contributed by atoms with E-state index in [1.807, 2.05) is 24.9 Å². The zero-order valence-corrected chi connectivity index (χ0v) is 9.50. The van der Waals surface area contributed by atoms with E-state index in [-0.39, 0.29) is 0 Å². The maximum atomic E-state index is 5.04. The van der Waals surface area contributed by atoms with Crippen LogP contribution in [-0.2, 0) is 7.05 Å². The van der Waals surface area contributed by atoms with Gasteiger partial charge in [0.05, 0.1) is 6.33 Å². The summed E-state index contributed by atoms with van der Waals surface area (Å²) in [6.07, 6.45) is 10.2. The van der Waals surface area contributed by atoms with Crippen molar-refractivity contribution in [2.45, 2.75) is 0 Å². The molecule has 0 radical (unpaired) electrons. The lowest BCUT2D eigenvalue weighted by molar-refractivity contribution is 0.626. The highest BCUT2D eigenvalue weighted by Crippen LogP contribution is 1.78. The molecule has 0 fully saturated rings. The fourth-order valence-corrected chi connectivity index (χ4v) is 0.522. The summed E-state index contributed by atoms with van der Waals surface area (Å²) in [4.78, 5) is 5.55. The number of nitrogens with two attached hydrogens (primary N) is 1. The van der Waals surface area contributed by atoms with Crippen LogP contribution in [0.4, 0.5) is 0 Å². The van der Waals surface area contributed by atoms with Crippen molar-refractivity contribution in [1.82, 2.24) is 14.5 Å². The standard InChI is InChI=1S/C5H10N2.C4H6N2.C2H4/c1-3-7(2)5-4-6;1-6-3-2-5-4-6;1-2/h3-5H,1,6H2,2H3;2-4H,1H3;1-2H2/b5-4-;;. The van der Waals surface area contributed by atoms with Crippen molar-refractivity contribution >= 4 is 0 Å². The molecule has 4 heteroatoms. The van der Waals surface area contributed by atoms with Crippen molar-refractivity contribution in [3.05, 3.63) is 57.1 Å². The minimum atomic E-state index is 1.46. The van der Waals surface area contributed by atoms with E-state index < -0.39 is 0 Å². The average Bonchev–Trinajstić information content (AvgIpc) is 2.73. The van der Waals surface area contributed by atoms with E-state index in [1.54, 1.807) is 29.8 Å². The van der Waals surface area contributed by atoms with Crippen LogP contribution in [0.3, 0.4) is 0 Å². The van der Waals surface area contributed by atoms with Gasteiger partial charge in [0.25, 0.3) is 0 Å². The Balaban J connectivity index is 0. The predicted octanol–water partition coefficient (Wildman–Crippen LogP) is 1.71. The van der Waals surface area contributed by atoms with E-state index in [1.165, 1.54) is 6.20 Å². The first-order valence-corrected chi connectivity index (χ1v) is 4.35. The van der Waals surface area contributed by atoms with E-state index in [4.69, 9.17) is 5.73 Å². The van der Waals surface area contributed by atoms with Gasteiger partial charge in [0.1, 0.15) is 0 Å². The van der Waals surface area contributed by atoms with E-state index in [9.17, 15) is 0 Å². The third kappa shape index (κ3) is 12.0. The van der Waals surface area contributed by atoms with Crippen LogP contribution in [0.2, 0.25) is 0 Å². The molecule has 0 aliphatic carbocycles. The number of rotatable bonds is 2. The van der Waals surface area contributed by atoms with Gasteiger partial charge in [-0.3, -0.25) is 0 Å². The summed E-state index contributed by atoms with van der Waals surface area (Å²) in [5.41, 5.74) is 5.04. The van der Waals surface area contributed by atoms with Crippen LogP contribution in [0.25, 0.3) is 0 Å². The van der Waals surface area contributed by atoms with Gasteiger partial charge in [-0.1, -0.05) is 6.58 Å². The van der Waals surface area contributed by atoms with Crippen LogP contribution in [0.1, 0.15) is 0 Å². The third-order valence-corrected chi connectivity index (χ3v) is 1.25. The molecule has 0 aromatic carbocycles. The van der Waals surface area contributed by atoms with E-state index in [0.717, 1.165) is 0 Å². The van der Waals surface area contributed by atoms with Crippen molar-refractivity contribution in [1.29, 1.82) is 0 Å². The molecule has 0 spiro atoms. The molecule has 0 saturated carbocycles. The van der Waals surface area contributed by atoms with Gasteiger partial charge >= 0.3 is 0 Å². The van der Waals surface area contributed by atoms with Crippen molar-refractivity contribution in [3.63, 3.8) is 0 Å². The number of hydrogen-bond acceptors (Lipinski definition) is 3. The second-order valence-corrected chi connectivity index (χ2v) is 2.42. The highest BCUT2D eigenvalue weighted by atomic mass is 15.0. The number of aryl methyl sites for hydroxylation is 1. The first-order chi connectivity index (χ1) is 7.20. The number of imidazole rings is 1. The molecule has 0 unspecified atom stereocenters. The maximum Gasteiger partial charge on any atom is 0.0943 e. The second kappa shape index (κ2) is 12.0. The van der Waals surface area contributed by atoms with Gasteiger partial charge in [0.2, 0.25) is 0 Å². The molecular weight excluding hydrogens is 188 g/mol. The van der Waals surface area contributed by atoms with Gasteiger partial charge in [-0.2, -0.15) is 0 Å². The molecule has 0 aliphatic rings. The van der Waals surface area contributed by atoms with E-state index >= 15 is 0 Å². The van der Waals surface area contributed by atoms with Crippen molar-refractivity contribution in [2.24, 2.45) is 12.8 Å². The summed E-state index contributed by atoms with van der Waals surface area (Å²) >= 11 is 0. The largest absolute Gasteiger partial charge is 0.403 e. The number of aromatic nitrogens is 2. The maximum absolute atomic E-state index is 5.04. The van der Waals surface area contributed by atoms with Crippen molar-refractivity contribution < 1.29 is 0 Å². The Morgan fingerprint density at radius 1 is 1.47 bits per heavy atom. The van der Waals surface area contributed by atoms with Gasteiger partial charge in [-0.05, 0) is 6.20 Å². The van der Waals surface area contributed by atoms with Crippen LogP contribution >= 0.6 is 0 Å². The number of nitrogens with zero attached hydrogens (tertiary/aromatic N) is 3. The van der Waals surface area contributed by atoms with E-state index in [0.29, 0.717) is 0 Å². The summed E-state index contributed by atoms with van der Waals surface area (Å²) in [6, 6.07) is 0. The third-order valence-electron chi connectivity index (χ3n) is 1.25. The molecule has 84 valence electrons. The molecule has 15 heavy (non-hydrogen) atoms. The number of hydrogen-bond donors (Lipinski definition) is 1. The topological polar surface area (TPSA) is 47.1 Å². The molecule has 0 bridgehead atoms. The summed E-state index contributed by atoms with van der Waals surface area (Å²) in [5, 5.41) is 0. The molecule has 2 N–H and O–H groups in total. The first kappa shape index (κ1) is 15.5. The fourth-order valence-electron chi connectivity index (χ4n) is 0.522. The molecule has 0 saturated heterocycles. The Kier molecular flexibility index (Phi) is 12.4. The molecule has 1 rings (SSSR count). The quantitative estimate of drug-likeness (QED) is 0.753. The molecule has 0 amide bonds. The van der Waals surface area contributed by atoms with Gasteiger partial charge in [0.15, 0.2) is 0 Å². The monoisotopic (exact) mass is 208 g/mol. The van der Waals surface area contributed by atoms with Gasteiger partial charge in [-0.15, -0.1) is 13.2 Å². The summed E-state index contributed by atoms with van der Waals surface area (Å²) in [7, 11) is 3.80. The Morgan fingerprint density at radius 3 is 2.20 bits per heavy atom. The van der Waals surface area contributed by atoms with Gasteiger partial charge in [-0.25, -0.2) is 4.98 Å². The molecule has 4 nitrogen and oxygen atoms in total. The van der Waals surface area contributed by atoms with Crippen LogP contribution in [-0.4, -0.2) is 21.5 Å². The first-order valence-electron chi connectivity index (χ1n) is 4.35. The molecular formula is C11H20N4. The van der Waals surface area contributed by atoms with Crippen LogP contribution < -0.4 is 5.73 Å². The zero-order chi connectivity index (χ0) is 12.1. The lowest BCUT2D eigenvalue weighted by Crippen LogP contribution is -1.99. The van der Waals surface area contributed by atoms with Crippen molar-refractivity contribution in [2.75, 3.05) is 7.05 Å². The molecule has 1 aromatic heterocycles. The Morgan fingerprint density at radius 2 is 2.07 bits per heavy atom. The van der Waals surface area contributed by atoms with E-state index in [2.05, 4.69) is 24.7 Å². The molecule has 1 heterocycles. The molecule has 1 aromatic rings. The Bertz CT molecular complexity index is 252.